The van der Waals surface area contributed by atoms with E-state index in [1.807, 2.05) is 6.92 Å². The Labute approximate surface area is 534 Å². The minimum atomic E-state index is -4.87. The van der Waals surface area contributed by atoms with Crippen molar-refractivity contribution in [2.45, 2.75) is 304 Å². The highest BCUT2D eigenvalue weighted by Crippen LogP contribution is 2.69. The first-order valence-corrected chi connectivity index (χ1v) is 34.1. The van der Waals surface area contributed by atoms with Gasteiger partial charge in [-0.15, -0.1) is 0 Å². The second-order valence-electron chi connectivity index (χ2n) is 29.3. The zero-order chi connectivity index (χ0) is 66.9. The lowest BCUT2D eigenvalue weighted by molar-refractivity contribution is -0.400. The first kappa shape index (κ1) is 71.8. The van der Waals surface area contributed by atoms with Crippen LogP contribution < -0.4 is 0 Å². The highest BCUT2D eigenvalue weighted by atomic mass is 32.3. The molecule has 530 valence electrons. The lowest BCUT2D eigenvalue weighted by Crippen LogP contribution is -2.67. The van der Waals surface area contributed by atoms with E-state index < -0.39 is 225 Å². The monoisotopic (exact) mass is 1340 g/mol. The van der Waals surface area contributed by atoms with Gasteiger partial charge in [0.2, 0.25) is 0 Å². The summed E-state index contributed by atoms with van der Waals surface area (Å²) < 4.78 is 113. The normalized spacial score (nSPS) is 54.8. The Morgan fingerprint density at radius 1 is 0.533 bits per heavy atom. The molecule has 0 aromatic heterocycles. The van der Waals surface area contributed by atoms with Gasteiger partial charge in [-0.1, -0.05) is 39.3 Å². The Balaban J connectivity index is 0.840. The molecule has 5 aliphatic carbocycles. The van der Waals surface area contributed by atoms with E-state index in [1.54, 1.807) is 0 Å². The number of ether oxygens (including phenoxy) is 12. The molecule has 6 aliphatic heterocycles. The summed E-state index contributed by atoms with van der Waals surface area (Å²) in [4.78, 5) is 0. The Bertz CT molecular complexity index is 2660. The van der Waals surface area contributed by atoms with Crippen molar-refractivity contribution in [2.24, 2.45) is 52.3 Å². The topological polar surface area (TPSA) is 458 Å². The summed E-state index contributed by atoms with van der Waals surface area (Å²) in [7, 11) is -4.87. The van der Waals surface area contributed by atoms with Gasteiger partial charge in [0, 0.05) is 0 Å². The highest BCUT2D eigenvalue weighted by molar-refractivity contribution is 7.80. The van der Waals surface area contributed by atoms with Gasteiger partial charge in [0.15, 0.2) is 37.7 Å². The van der Waals surface area contributed by atoms with Gasteiger partial charge in [0.25, 0.3) is 0 Å². The molecule has 6 saturated heterocycles. The molecule has 11 rings (SSSR count). The quantitative estimate of drug-likeness (QED) is 0.0513. The first-order chi connectivity index (χ1) is 43.1. The van der Waals surface area contributed by atoms with Gasteiger partial charge in [-0.3, -0.25) is 4.55 Å². The summed E-state index contributed by atoms with van der Waals surface area (Å²) in [5.41, 5.74) is -0.581. The van der Waals surface area contributed by atoms with Crippen molar-refractivity contribution in [3.63, 3.8) is 0 Å². The van der Waals surface area contributed by atoms with E-state index >= 15 is 0 Å². The molecule has 11 aliphatic rings. The third-order valence-corrected chi connectivity index (χ3v) is 23.7. The summed E-state index contributed by atoms with van der Waals surface area (Å²) in [5, 5.41) is 159. The van der Waals surface area contributed by atoms with E-state index in [0.717, 1.165) is 25.7 Å². The number of aliphatic hydroxyl groups is 14. The lowest BCUT2D eigenvalue weighted by atomic mass is 9.47. The van der Waals surface area contributed by atoms with E-state index in [2.05, 4.69) is 33.8 Å². The maximum absolute atomic E-state index is 12.5. The Morgan fingerprint density at radius 2 is 1.04 bits per heavy atom. The number of aliphatic hydroxyl groups excluding tert-OH is 13. The van der Waals surface area contributed by atoms with Crippen LogP contribution in [0.25, 0.3) is 0 Å². The summed E-state index contributed by atoms with van der Waals surface area (Å²) in [6.07, 6.45) is -41.7. The van der Waals surface area contributed by atoms with Crippen LogP contribution in [0.2, 0.25) is 0 Å². The van der Waals surface area contributed by atoms with E-state index in [9.17, 15) is 84.5 Å². The van der Waals surface area contributed by atoms with Crippen LogP contribution in [0, 0.1) is 52.3 Å². The maximum atomic E-state index is 12.5. The van der Waals surface area contributed by atoms with Crippen molar-refractivity contribution < 1.29 is 145 Å². The second-order valence-corrected chi connectivity index (χ2v) is 30.4. The first-order valence-electron chi connectivity index (χ1n) is 32.8. The largest absolute Gasteiger partial charge is 0.397 e. The Kier molecular flexibility index (Phi) is 21.3. The summed E-state index contributed by atoms with van der Waals surface area (Å²) in [5.74, 6) is 0.628. The zero-order valence-electron chi connectivity index (χ0n) is 53.3. The third-order valence-electron chi connectivity index (χ3n) is 23.2. The van der Waals surface area contributed by atoms with Gasteiger partial charge >= 0.3 is 10.4 Å². The van der Waals surface area contributed by atoms with E-state index in [4.69, 9.17) is 61.0 Å². The number of hydrogen-bond donors (Lipinski definition) is 15. The molecule has 0 unspecified atom stereocenters. The van der Waals surface area contributed by atoms with Gasteiger partial charge in [0.05, 0.1) is 55.4 Å². The molecule has 4 saturated carbocycles. The molecule has 0 aromatic rings. The molecule has 6 heterocycles. The van der Waals surface area contributed by atoms with Gasteiger partial charge in [-0.25, -0.2) is 4.18 Å². The van der Waals surface area contributed by atoms with Crippen LogP contribution in [0.1, 0.15) is 114 Å². The molecule has 30 nitrogen and oxygen atoms in total. The molecule has 31 heteroatoms. The number of rotatable bonds is 17. The van der Waals surface area contributed by atoms with E-state index in [0.29, 0.717) is 31.1 Å². The average molecular weight is 1350 g/mol. The second kappa shape index (κ2) is 27.3. The van der Waals surface area contributed by atoms with E-state index in [1.165, 1.54) is 33.3 Å². The summed E-state index contributed by atoms with van der Waals surface area (Å²) in [6.45, 7) is 15.3. The predicted octanol–water partition coefficient (Wildman–Crippen LogP) is -2.90. The number of allylic oxidation sites excluding steroid dienone is 2. The molecule has 92 heavy (non-hydrogen) atoms. The fourth-order valence-corrected chi connectivity index (χ4v) is 18.2. The van der Waals surface area contributed by atoms with Gasteiger partial charge < -0.3 is 128 Å². The van der Waals surface area contributed by atoms with Crippen LogP contribution in [0.15, 0.2) is 11.6 Å². The van der Waals surface area contributed by atoms with Gasteiger partial charge in [-0.2, -0.15) is 8.42 Å². The minimum Gasteiger partial charge on any atom is -0.390 e. The van der Waals surface area contributed by atoms with Crippen molar-refractivity contribution >= 4 is 10.4 Å². The average Bonchev–Trinajstić information content (AvgIpc) is 1.34. The third kappa shape index (κ3) is 13.5. The van der Waals surface area contributed by atoms with Crippen molar-refractivity contribution in [2.75, 3.05) is 13.2 Å². The number of hydrogen-bond acceptors (Lipinski definition) is 29. The molecule has 0 aromatic carbocycles. The van der Waals surface area contributed by atoms with Crippen LogP contribution in [0.3, 0.4) is 0 Å². The molecule has 39 atom stereocenters. The minimum absolute atomic E-state index is 0.00230. The molecule has 10 fully saturated rings. The van der Waals surface area contributed by atoms with Crippen LogP contribution in [0.5, 0.6) is 0 Å². The molecule has 15 N–H and O–H groups in total. The molecule has 0 spiro atoms. The summed E-state index contributed by atoms with van der Waals surface area (Å²) >= 11 is 0. The molecular formula is C61H100O30S. The lowest BCUT2D eigenvalue weighted by Gasteiger charge is -2.60. The van der Waals surface area contributed by atoms with Gasteiger partial charge in [-0.05, 0) is 138 Å². The standard InChI is InChI=1S/C61H100O30S/c1-21(2)27-17-31(27)61(9,75)36-11-10-29-28-18-34(32-16-26(91-92(76,77)78)12-14-59(32,7)30(28)13-15-60(29,36)8)85-55-47(73)50(40(66)24(5)82-55)88-57-51(89-54-46(72)43(69)37(63)22(3)81-54)42(68)35(20-80-57)86-58-52(44(70)38(64)23(4)84-58)90-56-48(74)49(39(65)25(6)83-56)87-53-45(71)41(67)33(62)19-79-53/h13,21-29,31-58,62-75H,10-12,14-20H2,1-9H3,(H,76,77,78)/t22-,23-,24-,25-,26+,27+,28+,29+,31-,32-,33-,34+,35-,36+,37-,38-,39+,40-,41+,42+,43+,44+,45-,46-,47-,48-,49+,50+,51-,52-,53+,54+,55+,56+,57+,58+,59-,60+,61+/m1/s1. The van der Waals surface area contributed by atoms with Crippen molar-refractivity contribution in [3.8, 4) is 0 Å². The predicted molar refractivity (Wildman–Crippen MR) is 308 cm³/mol. The molecule has 0 amide bonds. The summed E-state index contributed by atoms with van der Waals surface area (Å²) in [6, 6.07) is 0. The van der Waals surface area contributed by atoms with Crippen LogP contribution in [0.4, 0.5) is 0 Å². The molecule has 0 radical (unpaired) electrons. The van der Waals surface area contributed by atoms with Crippen LogP contribution in [-0.4, -0.2) is 288 Å². The van der Waals surface area contributed by atoms with Crippen LogP contribution >= 0.6 is 0 Å². The highest BCUT2D eigenvalue weighted by Gasteiger charge is 2.66. The van der Waals surface area contributed by atoms with Crippen molar-refractivity contribution in [1.29, 1.82) is 0 Å². The molecular weight excluding hydrogens is 1240 g/mol. The van der Waals surface area contributed by atoms with Gasteiger partial charge in [0.1, 0.15) is 110 Å². The smallest absolute Gasteiger partial charge is 0.390 e. The van der Waals surface area contributed by atoms with Crippen molar-refractivity contribution in [3.05, 3.63) is 11.6 Å². The Hall–Kier alpha value is -1.43. The SMILES string of the molecule is CC(C)[C@@H]1C[C@H]1[C@](C)(O)[C@H]1CC[C@H]2[C@@H]3C[C@H](O[C@@H]4O[C@H](C)[C@@H](O)[C@H](O[C@@H]5OC[C@@H](O[C@@H]6O[C@H](C)[C@@H](O)[C@H](O)[C@H]6O[C@@H]6O[C@H](C)[C@H](O)[C@H](O[C@@H]7OC[C@@H](O)[C@H](O)[C@H]7O)[C@H]6O)[C@H](O)[C@H]5O[C@@H]5O[C@H](C)[C@@H](O)[C@H](O)[C@H]5O)[C@H]4O)[C@H]4C[C@@H](OS(=O)(=O)O)CC[C@]4(C)C3=CC[C@]12C. The van der Waals surface area contributed by atoms with E-state index in [-0.39, 0.29) is 35.5 Å². The maximum Gasteiger partial charge on any atom is 0.397 e. The fraction of sp³-hybridized carbons (Fsp3) is 0.967. The zero-order valence-corrected chi connectivity index (χ0v) is 54.1. The fourth-order valence-electron chi connectivity index (χ4n) is 17.7. The van der Waals surface area contributed by atoms with Crippen molar-refractivity contribution in [1.82, 2.24) is 0 Å². The number of fused-ring (bicyclic) bond motifs is 5. The molecule has 0 bridgehead atoms. The van der Waals surface area contributed by atoms with Crippen LogP contribution in [-0.2, 0) is 71.4 Å². The Morgan fingerprint density at radius 3 is 1.64 bits per heavy atom.